The Labute approximate surface area is 285 Å². The second-order valence-corrected chi connectivity index (χ2v) is 13.5. The van der Waals surface area contributed by atoms with Crippen molar-refractivity contribution in [2.24, 2.45) is 0 Å². The summed E-state index contributed by atoms with van der Waals surface area (Å²) in [5.74, 6) is 0. The third-order valence-electron chi connectivity index (χ3n) is 8.06. The second kappa shape index (κ2) is 14.9. The molecule has 1 N–H and O–H groups in total. The molecule has 1 aliphatic rings. The molecule has 0 bridgehead atoms. The Balaban J connectivity index is 0.000000174. The highest BCUT2D eigenvalue weighted by atomic mass is 32.1. The van der Waals surface area contributed by atoms with E-state index in [0.717, 1.165) is 11.4 Å². The zero-order valence-corrected chi connectivity index (χ0v) is 27.7. The van der Waals surface area contributed by atoms with E-state index in [-0.39, 0.29) is 0 Å². The summed E-state index contributed by atoms with van der Waals surface area (Å²) in [6, 6.07) is 57.6. The van der Waals surface area contributed by atoms with Gasteiger partial charge >= 0.3 is 0 Å². The van der Waals surface area contributed by atoms with Gasteiger partial charge < -0.3 is 5.32 Å². The summed E-state index contributed by atoms with van der Waals surface area (Å²) in [5.41, 5.74) is 9.84. The van der Waals surface area contributed by atoms with Gasteiger partial charge in [0.15, 0.2) is 0 Å². The third-order valence-corrected chi connectivity index (χ3v) is 10.4. The van der Waals surface area contributed by atoms with Gasteiger partial charge in [0.25, 0.3) is 0 Å². The van der Waals surface area contributed by atoms with Crippen molar-refractivity contribution in [3.63, 3.8) is 0 Å². The summed E-state index contributed by atoms with van der Waals surface area (Å²) in [6.07, 6.45) is 9.19. The minimum Gasteiger partial charge on any atom is -0.356 e. The van der Waals surface area contributed by atoms with Crippen molar-refractivity contribution >= 4 is 39.6 Å². The fourth-order valence-corrected chi connectivity index (χ4v) is 7.61. The summed E-state index contributed by atoms with van der Waals surface area (Å²) in [6.45, 7) is 0. The Kier molecular flexibility index (Phi) is 9.66. The maximum absolute atomic E-state index is 3.50. The number of hydrogen-bond donors (Lipinski definition) is 1. The Bertz CT molecular complexity index is 2070. The Morgan fingerprint density at radius 3 is 1.26 bits per heavy atom. The molecule has 0 fully saturated rings. The first kappa shape index (κ1) is 30.4. The van der Waals surface area contributed by atoms with Crippen LogP contribution in [0, 0.1) is 0 Å². The van der Waals surface area contributed by atoms with E-state index in [4.69, 9.17) is 0 Å². The molecule has 1 nitrogen and oxygen atoms in total. The van der Waals surface area contributed by atoms with Crippen LogP contribution < -0.4 is 5.32 Å². The van der Waals surface area contributed by atoms with E-state index >= 15 is 0 Å². The maximum atomic E-state index is 3.50. The van der Waals surface area contributed by atoms with Crippen molar-refractivity contribution < 1.29 is 0 Å². The standard InChI is InChI=1S/C28H21NS.C16H14S/c1-3-7-21(8-4-1)22-11-15-25(16-12-22)29-26-17-13-24(14-18-26)28-20-19-27(30-28)23-9-5-2-6-10-23;1-3-7-13(8-4-1)15-11-12-16(17-15)14-9-5-2-6-10-14/h1-20,29H;1,3-5,7-12H,2,6H2. The van der Waals surface area contributed by atoms with Gasteiger partial charge in [-0.15, -0.1) is 22.7 Å². The SMILES string of the molecule is C1=CC(c2ccc(-c3ccccc3)s2)=CCC1.c1ccc(-c2ccc(Nc3ccc(-c4ccc(-c5ccccc5)s4)cc3)cc2)cc1. The van der Waals surface area contributed by atoms with Gasteiger partial charge in [-0.2, -0.15) is 0 Å². The van der Waals surface area contributed by atoms with Crippen LogP contribution in [0.5, 0.6) is 0 Å². The molecule has 5 aromatic carbocycles. The van der Waals surface area contributed by atoms with Crippen LogP contribution in [0.3, 0.4) is 0 Å². The number of benzene rings is 5. The van der Waals surface area contributed by atoms with E-state index in [1.807, 2.05) is 28.7 Å². The molecule has 0 saturated carbocycles. The van der Waals surface area contributed by atoms with Crippen LogP contribution in [0.4, 0.5) is 11.4 Å². The highest BCUT2D eigenvalue weighted by Gasteiger charge is 2.07. The van der Waals surface area contributed by atoms with Gasteiger partial charge in [-0.05, 0) is 94.8 Å². The number of nitrogens with one attached hydrogen (secondary N) is 1. The predicted molar refractivity (Wildman–Crippen MR) is 206 cm³/mol. The van der Waals surface area contributed by atoms with E-state index in [9.17, 15) is 0 Å². The molecule has 0 atom stereocenters. The van der Waals surface area contributed by atoms with Crippen LogP contribution in [0.1, 0.15) is 17.7 Å². The molecule has 0 aliphatic heterocycles. The lowest BCUT2D eigenvalue weighted by atomic mass is 10.1. The fourth-order valence-electron chi connectivity index (χ4n) is 5.56. The van der Waals surface area contributed by atoms with E-state index in [2.05, 4.69) is 181 Å². The summed E-state index contributed by atoms with van der Waals surface area (Å²) < 4.78 is 0. The van der Waals surface area contributed by atoms with Crippen LogP contribution in [0.25, 0.3) is 48.0 Å². The first-order chi connectivity index (χ1) is 23.3. The molecule has 0 spiro atoms. The number of hydrogen-bond acceptors (Lipinski definition) is 3. The molecule has 0 saturated heterocycles. The van der Waals surface area contributed by atoms with Crippen LogP contribution in [-0.2, 0) is 0 Å². The minimum atomic E-state index is 1.09. The topological polar surface area (TPSA) is 12.0 Å². The van der Waals surface area contributed by atoms with Gasteiger partial charge in [0.2, 0.25) is 0 Å². The van der Waals surface area contributed by atoms with Crippen LogP contribution in [-0.4, -0.2) is 0 Å². The fraction of sp³-hybridized carbons (Fsp3) is 0.0455. The van der Waals surface area contributed by atoms with E-state index in [0.29, 0.717) is 0 Å². The molecular formula is C44H35NS2. The Hall–Kier alpha value is -5.22. The molecule has 7 aromatic rings. The molecule has 3 heteroatoms. The molecular weight excluding hydrogens is 607 g/mol. The van der Waals surface area contributed by atoms with Crippen molar-refractivity contribution in [2.45, 2.75) is 12.8 Å². The molecule has 2 heterocycles. The van der Waals surface area contributed by atoms with Crippen molar-refractivity contribution in [2.75, 3.05) is 5.32 Å². The highest BCUT2D eigenvalue weighted by molar-refractivity contribution is 7.18. The number of allylic oxidation sites excluding steroid dienone is 4. The average Bonchev–Trinajstić information content (AvgIpc) is 3.86. The van der Waals surface area contributed by atoms with Gasteiger partial charge in [0, 0.05) is 30.9 Å². The van der Waals surface area contributed by atoms with Gasteiger partial charge in [-0.25, -0.2) is 0 Å². The molecule has 2 aromatic heterocycles. The molecule has 0 radical (unpaired) electrons. The van der Waals surface area contributed by atoms with Crippen LogP contribution in [0.15, 0.2) is 182 Å². The molecule has 1 aliphatic carbocycles. The van der Waals surface area contributed by atoms with Crippen molar-refractivity contribution in [1.29, 1.82) is 0 Å². The van der Waals surface area contributed by atoms with Gasteiger partial charge in [0.05, 0.1) is 0 Å². The monoisotopic (exact) mass is 641 g/mol. The van der Waals surface area contributed by atoms with Crippen LogP contribution >= 0.6 is 22.7 Å². The Morgan fingerprint density at radius 1 is 0.362 bits per heavy atom. The number of rotatable bonds is 7. The molecule has 0 amide bonds. The van der Waals surface area contributed by atoms with E-state index in [1.54, 1.807) is 0 Å². The average molecular weight is 642 g/mol. The van der Waals surface area contributed by atoms with Gasteiger partial charge in [-0.1, -0.05) is 133 Å². The molecule has 0 unspecified atom stereocenters. The van der Waals surface area contributed by atoms with Gasteiger partial charge in [-0.3, -0.25) is 0 Å². The predicted octanol–water partition coefficient (Wildman–Crippen LogP) is 13.6. The number of anilines is 2. The largest absolute Gasteiger partial charge is 0.356 e. The van der Waals surface area contributed by atoms with E-state index < -0.39 is 0 Å². The van der Waals surface area contributed by atoms with Crippen molar-refractivity contribution in [1.82, 2.24) is 0 Å². The first-order valence-electron chi connectivity index (χ1n) is 16.0. The van der Waals surface area contributed by atoms with Crippen LogP contribution in [0.2, 0.25) is 0 Å². The smallest absolute Gasteiger partial charge is 0.0384 e. The molecule has 8 rings (SSSR count). The quantitative estimate of drug-likeness (QED) is 0.183. The molecule has 228 valence electrons. The minimum absolute atomic E-state index is 1.09. The van der Waals surface area contributed by atoms with E-state index in [1.165, 1.54) is 65.7 Å². The Morgan fingerprint density at radius 2 is 0.766 bits per heavy atom. The lowest BCUT2D eigenvalue weighted by molar-refractivity contribution is 1.04. The summed E-state index contributed by atoms with van der Waals surface area (Å²) in [5, 5.41) is 3.50. The second-order valence-electron chi connectivity index (χ2n) is 11.3. The lowest BCUT2D eigenvalue weighted by Crippen LogP contribution is -1.90. The lowest BCUT2D eigenvalue weighted by Gasteiger charge is -2.09. The third kappa shape index (κ3) is 7.78. The first-order valence-corrected chi connectivity index (χ1v) is 17.6. The molecule has 47 heavy (non-hydrogen) atoms. The summed E-state index contributed by atoms with van der Waals surface area (Å²) >= 11 is 3.70. The summed E-state index contributed by atoms with van der Waals surface area (Å²) in [7, 11) is 0. The highest BCUT2D eigenvalue weighted by Crippen LogP contribution is 2.36. The van der Waals surface area contributed by atoms with Gasteiger partial charge in [0.1, 0.15) is 0 Å². The zero-order valence-electron chi connectivity index (χ0n) is 26.1. The normalized spacial score (nSPS) is 12.1. The maximum Gasteiger partial charge on any atom is 0.0384 e. The summed E-state index contributed by atoms with van der Waals surface area (Å²) in [4.78, 5) is 5.30. The van der Waals surface area contributed by atoms with Crippen molar-refractivity contribution in [3.05, 3.63) is 187 Å². The van der Waals surface area contributed by atoms with Crippen molar-refractivity contribution in [3.8, 4) is 42.4 Å². The number of thiophene rings is 2. The zero-order chi connectivity index (χ0) is 31.7.